The van der Waals surface area contributed by atoms with E-state index in [9.17, 15) is 0 Å². The van der Waals surface area contributed by atoms with E-state index in [0.29, 0.717) is 5.41 Å². The monoisotopic (exact) mass is 178 g/mol. The van der Waals surface area contributed by atoms with Crippen LogP contribution in [0.2, 0.25) is 0 Å². The second kappa shape index (κ2) is 3.86. The molecule has 13 heavy (non-hydrogen) atoms. The van der Waals surface area contributed by atoms with Gasteiger partial charge in [-0.2, -0.15) is 0 Å². The van der Waals surface area contributed by atoms with E-state index in [-0.39, 0.29) is 0 Å². The van der Waals surface area contributed by atoms with Gasteiger partial charge in [-0.1, -0.05) is 44.3 Å². The molecular weight excluding hydrogens is 156 g/mol. The van der Waals surface area contributed by atoms with Crippen molar-refractivity contribution < 1.29 is 0 Å². The van der Waals surface area contributed by atoms with Crippen molar-refractivity contribution in [3.8, 4) is 0 Å². The van der Waals surface area contributed by atoms with Gasteiger partial charge in [0.05, 0.1) is 0 Å². The van der Waals surface area contributed by atoms with Crippen molar-refractivity contribution in [1.82, 2.24) is 0 Å². The third-order valence-corrected chi connectivity index (χ3v) is 4.19. The zero-order valence-electron chi connectivity index (χ0n) is 8.78. The topological polar surface area (TPSA) is 0 Å². The Balaban J connectivity index is 2.09. The van der Waals surface area contributed by atoms with Crippen LogP contribution in [-0.4, -0.2) is 0 Å². The number of hydrogen-bond donors (Lipinski definition) is 0. The van der Waals surface area contributed by atoms with Crippen molar-refractivity contribution >= 4 is 0 Å². The minimum Gasteiger partial charge on any atom is -0.0993 e. The molecular formula is C13H22. The highest BCUT2D eigenvalue weighted by Gasteiger charge is 2.34. The van der Waals surface area contributed by atoms with Crippen LogP contribution in [0.5, 0.6) is 0 Å². The summed E-state index contributed by atoms with van der Waals surface area (Å²) >= 11 is 0. The summed E-state index contributed by atoms with van der Waals surface area (Å²) in [6.45, 7) is 4.33. The van der Waals surface area contributed by atoms with E-state index in [1.165, 1.54) is 64.2 Å². The molecule has 0 nitrogen and oxygen atoms in total. The quantitative estimate of drug-likeness (QED) is 0.480. The number of hydrogen-bond acceptors (Lipinski definition) is 0. The van der Waals surface area contributed by atoms with Gasteiger partial charge < -0.3 is 0 Å². The van der Waals surface area contributed by atoms with Gasteiger partial charge in [-0.3, -0.25) is 0 Å². The minimum absolute atomic E-state index is 0.606. The molecule has 0 radical (unpaired) electrons. The van der Waals surface area contributed by atoms with Crippen molar-refractivity contribution in [2.45, 2.75) is 64.2 Å². The van der Waals surface area contributed by atoms with Crippen LogP contribution in [0, 0.1) is 5.41 Å². The SMILES string of the molecule is C=C1CCCCC12CCCCCC2. The zero-order chi connectivity index (χ0) is 9.15. The molecule has 0 saturated heterocycles. The van der Waals surface area contributed by atoms with E-state index in [1.54, 1.807) is 5.57 Å². The van der Waals surface area contributed by atoms with Gasteiger partial charge in [0, 0.05) is 0 Å². The smallest absolute Gasteiger partial charge is 0.00908 e. The van der Waals surface area contributed by atoms with E-state index in [1.807, 2.05) is 0 Å². The van der Waals surface area contributed by atoms with E-state index >= 15 is 0 Å². The van der Waals surface area contributed by atoms with E-state index in [2.05, 4.69) is 6.58 Å². The van der Waals surface area contributed by atoms with Gasteiger partial charge in [0.25, 0.3) is 0 Å². The van der Waals surface area contributed by atoms with Crippen molar-refractivity contribution in [2.24, 2.45) is 5.41 Å². The van der Waals surface area contributed by atoms with Gasteiger partial charge in [0.1, 0.15) is 0 Å². The van der Waals surface area contributed by atoms with Gasteiger partial charge in [-0.15, -0.1) is 0 Å². The zero-order valence-corrected chi connectivity index (χ0v) is 8.78. The Hall–Kier alpha value is -0.260. The van der Waals surface area contributed by atoms with Crippen LogP contribution in [0.3, 0.4) is 0 Å². The van der Waals surface area contributed by atoms with Crippen molar-refractivity contribution in [2.75, 3.05) is 0 Å². The fourth-order valence-electron chi connectivity index (χ4n) is 3.25. The average molecular weight is 178 g/mol. The molecule has 1 spiro atoms. The summed E-state index contributed by atoms with van der Waals surface area (Å²) in [5.74, 6) is 0. The van der Waals surface area contributed by atoms with Gasteiger partial charge >= 0.3 is 0 Å². The lowest BCUT2D eigenvalue weighted by atomic mass is 9.66. The fraction of sp³-hybridized carbons (Fsp3) is 0.846. The van der Waals surface area contributed by atoms with Crippen molar-refractivity contribution in [3.63, 3.8) is 0 Å². The largest absolute Gasteiger partial charge is 0.0993 e. The number of rotatable bonds is 0. The molecule has 0 amide bonds. The van der Waals surface area contributed by atoms with Gasteiger partial charge in [-0.25, -0.2) is 0 Å². The van der Waals surface area contributed by atoms with E-state index in [4.69, 9.17) is 0 Å². The molecule has 0 aromatic heterocycles. The maximum atomic E-state index is 4.33. The summed E-state index contributed by atoms with van der Waals surface area (Å²) in [6, 6.07) is 0. The molecule has 0 aromatic rings. The highest BCUT2D eigenvalue weighted by Crippen LogP contribution is 2.49. The Labute approximate surface area is 82.4 Å². The summed E-state index contributed by atoms with van der Waals surface area (Å²) in [5, 5.41) is 0. The molecule has 0 N–H and O–H groups in total. The molecule has 0 aliphatic heterocycles. The van der Waals surface area contributed by atoms with Crippen LogP contribution >= 0.6 is 0 Å². The lowest BCUT2D eigenvalue weighted by Crippen LogP contribution is -2.25. The second-order valence-electron chi connectivity index (χ2n) is 5.01. The molecule has 0 unspecified atom stereocenters. The van der Waals surface area contributed by atoms with Gasteiger partial charge in [0.15, 0.2) is 0 Å². The molecule has 0 atom stereocenters. The van der Waals surface area contributed by atoms with Crippen molar-refractivity contribution in [1.29, 1.82) is 0 Å². The third-order valence-electron chi connectivity index (χ3n) is 4.19. The lowest BCUT2D eigenvalue weighted by molar-refractivity contribution is 0.238. The molecule has 2 aliphatic rings. The van der Waals surface area contributed by atoms with Gasteiger partial charge in [-0.05, 0) is 37.5 Å². The Morgan fingerprint density at radius 1 is 0.769 bits per heavy atom. The first kappa shape index (κ1) is 9.30. The molecule has 0 bridgehead atoms. The normalized spacial score (nSPS) is 28.8. The van der Waals surface area contributed by atoms with E-state index in [0.717, 1.165) is 0 Å². The lowest BCUT2D eigenvalue weighted by Gasteiger charge is -2.39. The fourth-order valence-corrected chi connectivity index (χ4v) is 3.25. The molecule has 0 aromatic carbocycles. The Morgan fingerprint density at radius 2 is 1.31 bits per heavy atom. The predicted molar refractivity (Wildman–Crippen MR) is 57.7 cm³/mol. The summed E-state index contributed by atoms with van der Waals surface area (Å²) < 4.78 is 0. The molecule has 2 fully saturated rings. The van der Waals surface area contributed by atoms with Crippen LogP contribution in [0.15, 0.2) is 12.2 Å². The molecule has 2 aliphatic carbocycles. The third kappa shape index (κ3) is 1.82. The first-order chi connectivity index (χ1) is 6.33. The minimum atomic E-state index is 0.606. The number of allylic oxidation sites excluding steroid dienone is 1. The van der Waals surface area contributed by atoms with Crippen LogP contribution < -0.4 is 0 Å². The van der Waals surface area contributed by atoms with E-state index < -0.39 is 0 Å². The summed E-state index contributed by atoms with van der Waals surface area (Å²) in [5.41, 5.74) is 2.20. The molecule has 74 valence electrons. The first-order valence-corrected chi connectivity index (χ1v) is 6.02. The highest BCUT2D eigenvalue weighted by molar-refractivity contribution is 5.13. The van der Waals surface area contributed by atoms with Crippen molar-refractivity contribution in [3.05, 3.63) is 12.2 Å². The molecule has 0 heteroatoms. The Bertz CT molecular complexity index is 182. The van der Waals surface area contributed by atoms with Crippen LogP contribution in [0.1, 0.15) is 64.2 Å². The highest BCUT2D eigenvalue weighted by atomic mass is 14.4. The molecule has 0 heterocycles. The van der Waals surface area contributed by atoms with Gasteiger partial charge in [0.2, 0.25) is 0 Å². The maximum Gasteiger partial charge on any atom is -0.00908 e. The first-order valence-electron chi connectivity index (χ1n) is 6.02. The molecule has 2 saturated carbocycles. The Morgan fingerprint density at radius 3 is 1.85 bits per heavy atom. The standard InChI is InChI=1S/C13H22/c1-12-8-4-7-11-13(12)9-5-2-3-6-10-13/h1-11H2. The molecule has 2 rings (SSSR count). The summed E-state index contributed by atoms with van der Waals surface area (Å²) in [7, 11) is 0. The predicted octanol–water partition coefficient (Wildman–Crippen LogP) is 4.46. The second-order valence-corrected chi connectivity index (χ2v) is 5.01. The van der Waals surface area contributed by atoms with Crippen LogP contribution in [0.4, 0.5) is 0 Å². The summed E-state index contributed by atoms with van der Waals surface area (Å²) in [4.78, 5) is 0. The average Bonchev–Trinajstić information content (AvgIpc) is 2.37. The Kier molecular flexibility index (Phi) is 2.76. The maximum absolute atomic E-state index is 4.33. The summed E-state index contributed by atoms with van der Waals surface area (Å²) in [6.07, 6.45) is 14.4. The van der Waals surface area contributed by atoms with Crippen LogP contribution in [-0.2, 0) is 0 Å². The van der Waals surface area contributed by atoms with Crippen LogP contribution in [0.25, 0.3) is 0 Å².